The lowest BCUT2D eigenvalue weighted by molar-refractivity contribution is -0.111. The predicted molar refractivity (Wildman–Crippen MR) is 84.8 cm³/mol. The highest BCUT2D eigenvalue weighted by Gasteiger charge is 2.02. The number of carbonyl (C=O) groups is 1. The van der Waals surface area contributed by atoms with Gasteiger partial charge in [-0.15, -0.1) is 0 Å². The third-order valence-electron chi connectivity index (χ3n) is 2.72. The summed E-state index contributed by atoms with van der Waals surface area (Å²) in [6.07, 6.45) is 3.05. The summed E-state index contributed by atoms with van der Waals surface area (Å²) in [6.45, 7) is 0. The Morgan fingerprint density at radius 1 is 1.24 bits per heavy atom. The lowest BCUT2D eigenvalue weighted by Crippen LogP contribution is -2.07. The summed E-state index contributed by atoms with van der Waals surface area (Å²) in [6, 6.07) is 11.1. The van der Waals surface area contributed by atoms with Gasteiger partial charge in [-0.2, -0.15) is 0 Å². The monoisotopic (exact) mass is 349 g/mol. The highest BCUT2D eigenvalue weighted by molar-refractivity contribution is 9.10. The number of hydrogen-bond donors (Lipinski definition) is 1. The average Bonchev–Trinajstić information content (AvgIpc) is 2.48. The fourth-order valence-corrected chi connectivity index (χ4v) is 2.10. The van der Waals surface area contributed by atoms with Crippen LogP contribution in [0.5, 0.6) is 5.75 Å². The Kier molecular flexibility index (Phi) is 5.11. The van der Waals surface area contributed by atoms with Crippen molar-refractivity contribution >= 4 is 33.6 Å². The van der Waals surface area contributed by atoms with Crippen molar-refractivity contribution in [2.24, 2.45) is 0 Å². The molecule has 2 aromatic rings. The smallest absolute Gasteiger partial charge is 0.248 e. The molecule has 0 aliphatic heterocycles. The van der Waals surface area contributed by atoms with Crippen LogP contribution in [0.2, 0.25) is 0 Å². The summed E-state index contributed by atoms with van der Waals surface area (Å²) in [7, 11) is 1.57. The van der Waals surface area contributed by atoms with E-state index in [0.29, 0.717) is 11.4 Å². The van der Waals surface area contributed by atoms with E-state index >= 15 is 0 Å². The van der Waals surface area contributed by atoms with Gasteiger partial charge in [0.1, 0.15) is 11.6 Å². The normalized spacial score (nSPS) is 10.6. The van der Waals surface area contributed by atoms with Gasteiger partial charge in [-0.3, -0.25) is 4.79 Å². The molecule has 0 saturated heterocycles. The summed E-state index contributed by atoms with van der Waals surface area (Å²) < 4.78 is 18.9. The summed E-state index contributed by atoms with van der Waals surface area (Å²) in [5, 5.41) is 2.65. The van der Waals surface area contributed by atoms with Gasteiger partial charge in [0, 0.05) is 21.8 Å². The molecular formula is C16H13BrFNO2. The first-order valence-electron chi connectivity index (χ1n) is 6.16. The molecule has 0 fully saturated rings. The third kappa shape index (κ3) is 4.43. The van der Waals surface area contributed by atoms with E-state index in [2.05, 4.69) is 21.2 Å². The van der Waals surface area contributed by atoms with Crippen LogP contribution in [0.25, 0.3) is 6.08 Å². The van der Waals surface area contributed by atoms with Crippen LogP contribution in [-0.2, 0) is 4.79 Å². The fourth-order valence-electron chi connectivity index (χ4n) is 1.72. The number of amides is 1. The lowest BCUT2D eigenvalue weighted by Gasteiger charge is -2.05. The molecule has 21 heavy (non-hydrogen) atoms. The highest BCUT2D eigenvalue weighted by atomic mass is 79.9. The number of nitrogens with one attached hydrogen (secondary N) is 1. The highest BCUT2D eigenvalue weighted by Crippen LogP contribution is 2.24. The zero-order valence-electron chi connectivity index (χ0n) is 11.3. The van der Waals surface area contributed by atoms with Crippen LogP contribution in [0, 0.1) is 5.82 Å². The molecule has 0 aliphatic carbocycles. The first-order chi connectivity index (χ1) is 10.1. The van der Waals surface area contributed by atoms with Crippen LogP contribution in [0.3, 0.4) is 0 Å². The summed E-state index contributed by atoms with van der Waals surface area (Å²) >= 11 is 3.37. The van der Waals surface area contributed by atoms with Crippen molar-refractivity contribution in [1.82, 2.24) is 0 Å². The van der Waals surface area contributed by atoms with E-state index in [-0.39, 0.29) is 11.7 Å². The summed E-state index contributed by atoms with van der Waals surface area (Å²) in [5.74, 6) is 0.0232. The van der Waals surface area contributed by atoms with E-state index in [0.717, 1.165) is 10.0 Å². The van der Waals surface area contributed by atoms with Gasteiger partial charge >= 0.3 is 0 Å². The second-order valence-electron chi connectivity index (χ2n) is 4.22. The van der Waals surface area contributed by atoms with Crippen LogP contribution in [0.4, 0.5) is 10.1 Å². The summed E-state index contributed by atoms with van der Waals surface area (Å²) in [5.41, 5.74) is 1.31. The molecule has 0 unspecified atom stereocenters. The van der Waals surface area contributed by atoms with Crippen molar-refractivity contribution in [2.75, 3.05) is 12.4 Å². The Hall–Kier alpha value is -2.14. The molecule has 3 nitrogen and oxygen atoms in total. The van der Waals surface area contributed by atoms with E-state index in [1.54, 1.807) is 13.2 Å². The minimum absolute atomic E-state index is 0.302. The SMILES string of the molecule is COc1ccc(Br)cc1/C=C/C(=O)Nc1ccc(F)cc1. The van der Waals surface area contributed by atoms with Crippen LogP contribution in [0.15, 0.2) is 53.0 Å². The maximum Gasteiger partial charge on any atom is 0.248 e. The number of carbonyl (C=O) groups excluding carboxylic acids is 1. The Balaban J connectivity index is 2.08. The minimum Gasteiger partial charge on any atom is -0.496 e. The standard InChI is InChI=1S/C16H13BrFNO2/c1-21-15-8-3-12(17)10-11(15)2-9-16(20)19-14-6-4-13(18)5-7-14/h2-10H,1H3,(H,19,20)/b9-2+. The second-order valence-corrected chi connectivity index (χ2v) is 5.13. The van der Waals surface area contributed by atoms with Gasteiger partial charge in [-0.1, -0.05) is 15.9 Å². The predicted octanol–water partition coefficient (Wildman–Crippen LogP) is 4.25. The Morgan fingerprint density at radius 2 is 1.95 bits per heavy atom. The molecule has 2 rings (SSSR count). The van der Waals surface area contributed by atoms with Gasteiger partial charge in [0.2, 0.25) is 5.91 Å². The molecule has 0 aromatic heterocycles. The molecule has 2 aromatic carbocycles. The quantitative estimate of drug-likeness (QED) is 0.838. The zero-order valence-corrected chi connectivity index (χ0v) is 12.9. The van der Waals surface area contributed by atoms with Crippen LogP contribution < -0.4 is 10.1 Å². The number of methoxy groups -OCH3 is 1. The zero-order chi connectivity index (χ0) is 15.2. The topological polar surface area (TPSA) is 38.3 Å². The molecule has 0 radical (unpaired) electrons. The molecule has 0 atom stereocenters. The summed E-state index contributed by atoms with van der Waals surface area (Å²) in [4.78, 5) is 11.8. The molecule has 1 N–H and O–H groups in total. The molecule has 5 heteroatoms. The number of rotatable bonds is 4. The molecule has 0 saturated carbocycles. The first-order valence-corrected chi connectivity index (χ1v) is 6.96. The van der Waals surface area contributed by atoms with Crippen molar-refractivity contribution in [3.63, 3.8) is 0 Å². The van der Waals surface area contributed by atoms with Crippen LogP contribution >= 0.6 is 15.9 Å². The van der Waals surface area contributed by atoms with Crippen molar-refractivity contribution < 1.29 is 13.9 Å². The maximum absolute atomic E-state index is 12.8. The van der Waals surface area contributed by atoms with Crippen LogP contribution in [-0.4, -0.2) is 13.0 Å². The fraction of sp³-hybridized carbons (Fsp3) is 0.0625. The molecule has 0 spiro atoms. The number of halogens is 2. The number of hydrogen-bond acceptors (Lipinski definition) is 2. The van der Waals surface area contributed by atoms with E-state index in [1.807, 2.05) is 18.2 Å². The van der Waals surface area contributed by atoms with E-state index in [1.165, 1.54) is 30.3 Å². The van der Waals surface area contributed by atoms with Crippen molar-refractivity contribution in [1.29, 1.82) is 0 Å². The Labute approximate surface area is 130 Å². The van der Waals surface area contributed by atoms with Gasteiger partial charge < -0.3 is 10.1 Å². The van der Waals surface area contributed by atoms with E-state index in [9.17, 15) is 9.18 Å². The minimum atomic E-state index is -0.345. The molecule has 108 valence electrons. The van der Waals surface area contributed by atoms with Gasteiger partial charge in [-0.05, 0) is 48.5 Å². The Bertz CT molecular complexity index is 668. The Morgan fingerprint density at radius 3 is 2.62 bits per heavy atom. The van der Waals surface area contributed by atoms with Gasteiger partial charge in [0.05, 0.1) is 7.11 Å². The molecule has 1 amide bonds. The number of ether oxygens (including phenoxy) is 1. The molecule has 0 bridgehead atoms. The van der Waals surface area contributed by atoms with Crippen molar-refractivity contribution in [2.45, 2.75) is 0 Å². The number of benzene rings is 2. The number of anilines is 1. The van der Waals surface area contributed by atoms with Gasteiger partial charge in [-0.25, -0.2) is 4.39 Å². The van der Waals surface area contributed by atoms with Gasteiger partial charge in [0.25, 0.3) is 0 Å². The molecular weight excluding hydrogens is 337 g/mol. The average molecular weight is 350 g/mol. The van der Waals surface area contributed by atoms with E-state index in [4.69, 9.17) is 4.74 Å². The molecule has 0 aliphatic rings. The molecule has 0 heterocycles. The largest absolute Gasteiger partial charge is 0.496 e. The lowest BCUT2D eigenvalue weighted by atomic mass is 10.2. The third-order valence-corrected chi connectivity index (χ3v) is 3.21. The first kappa shape index (κ1) is 15.3. The van der Waals surface area contributed by atoms with Gasteiger partial charge in [0.15, 0.2) is 0 Å². The maximum atomic E-state index is 12.8. The van der Waals surface area contributed by atoms with E-state index < -0.39 is 0 Å². The van der Waals surface area contributed by atoms with Crippen molar-refractivity contribution in [3.8, 4) is 5.75 Å². The van der Waals surface area contributed by atoms with Crippen LogP contribution in [0.1, 0.15) is 5.56 Å². The van der Waals surface area contributed by atoms with Crippen molar-refractivity contribution in [3.05, 3.63) is 64.4 Å². The second kappa shape index (κ2) is 7.04.